The van der Waals surface area contributed by atoms with E-state index in [1.165, 1.54) is 10.5 Å². The molecule has 1 aliphatic rings. The zero-order valence-electron chi connectivity index (χ0n) is 19.1. The van der Waals surface area contributed by atoms with Crippen LogP contribution < -0.4 is 10.1 Å². The first-order chi connectivity index (χ1) is 14.8. The summed E-state index contributed by atoms with van der Waals surface area (Å²) < 4.78 is 5.65. The summed E-state index contributed by atoms with van der Waals surface area (Å²) in [6.07, 6.45) is 1.63. The summed E-state index contributed by atoms with van der Waals surface area (Å²) >= 11 is 0. The molecule has 0 radical (unpaired) electrons. The first-order valence-corrected chi connectivity index (χ1v) is 11.0. The fourth-order valence-corrected chi connectivity index (χ4v) is 3.52. The Hall–Kier alpha value is -3.08. The van der Waals surface area contributed by atoms with Gasteiger partial charge in [-0.05, 0) is 53.6 Å². The van der Waals surface area contributed by atoms with Crippen molar-refractivity contribution in [3.63, 3.8) is 0 Å². The molecular weight excluding hydrogens is 388 g/mol. The quantitative estimate of drug-likeness (QED) is 0.583. The Balaban J connectivity index is 1.96. The number of imide groups is 1. The van der Waals surface area contributed by atoms with Crippen LogP contribution in [-0.2, 0) is 15.0 Å². The Morgan fingerprint density at radius 3 is 2.06 bits per heavy atom. The number of hydrogen-bond donors (Lipinski definition) is 1. The van der Waals surface area contributed by atoms with Gasteiger partial charge in [-0.15, -0.1) is 0 Å². The lowest BCUT2D eigenvalue weighted by molar-refractivity contribution is -0.136. The van der Waals surface area contributed by atoms with Crippen LogP contribution in [0.2, 0.25) is 0 Å². The molecular formula is C26H32N2O3. The zero-order chi connectivity index (χ0) is 22.6. The number of anilines is 1. The van der Waals surface area contributed by atoms with Gasteiger partial charge in [0.05, 0.1) is 12.2 Å². The summed E-state index contributed by atoms with van der Waals surface area (Å²) in [5.41, 5.74) is 3.46. The zero-order valence-corrected chi connectivity index (χ0v) is 19.1. The van der Waals surface area contributed by atoms with Gasteiger partial charge < -0.3 is 10.1 Å². The molecule has 0 spiro atoms. The standard InChI is InChI=1S/C26H32N2O3/c1-6-16-28-24(29)22(18-8-14-21(15-9-18)31-17-7-2)23(25(28)30)27-20-12-10-19(11-13-20)26(3,4)5/h8-15,27H,6-7,16-17H2,1-5H3. The van der Waals surface area contributed by atoms with Crippen molar-refractivity contribution in [1.82, 2.24) is 4.90 Å². The van der Waals surface area contributed by atoms with Crippen LogP contribution in [0.25, 0.3) is 5.57 Å². The molecule has 5 nitrogen and oxygen atoms in total. The van der Waals surface area contributed by atoms with E-state index in [1.807, 2.05) is 55.5 Å². The van der Waals surface area contributed by atoms with Gasteiger partial charge in [-0.2, -0.15) is 0 Å². The molecule has 5 heteroatoms. The average Bonchev–Trinajstić information content (AvgIpc) is 2.97. The highest BCUT2D eigenvalue weighted by atomic mass is 16.5. The van der Waals surface area contributed by atoms with E-state index in [-0.39, 0.29) is 17.2 Å². The number of amides is 2. The molecule has 0 bridgehead atoms. The molecule has 0 aromatic heterocycles. The minimum absolute atomic E-state index is 0.0433. The van der Waals surface area contributed by atoms with E-state index in [1.54, 1.807) is 0 Å². The Bertz CT molecular complexity index is 967. The second-order valence-electron chi connectivity index (χ2n) is 8.84. The number of nitrogens with one attached hydrogen (secondary N) is 1. The van der Waals surface area contributed by atoms with Crippen LogP contribution in [0.15, 0.2) is 54.2 Å². The highest BCUT2D eigenvalue weighted by molar-refractivity contribution is 6.36. The van der Waals surface area contributed by atoms with Crippen LogP contribution in [-0.4, -0.2) is 29.9 Å². The van der Waals surface area contributed by atoms with Crippen LogP contribution in [0.5, 0.6) is 5.75 Å². The molecule has 1 aliphatic heterocycles. The van der Waals surface area contributed by atoms with E-state index in [9.17, 15) is 9.59 Å². The van der Waals surface area contributed by atoms with Gasteiger partial charge in [0.15, 0.2) is 0 Å². The molecule has 0 saturated carbocycles. The Kier molecular flexibility index (Phi) is 6.84. The second kappa shape index (κ2) is 9.38. The third kappa shape index (κ3) is 4.98. The number of benzene rings is 2. The van der Waals surface area contributed by atoms with E-state index in [0.29, 0.717) is 36.4 Å². The number of rotatable bonds is 8. The minimum atomic E-state index is -0.284. The lowest BCUT2D eigenvalue weighted by Crippen LogP contribution is -2.33. The average molecular weight is 421 g/mol. The SMILES string of the molecule is CCCOc1ccc(C2=C(Nc3ccc(C(C)(C)C)cc3)C(=O)N(CCC)C2=O)cc1. The molecule has 0 atom stereocenters. The fraction of sp³-hybridized carbons (Fsp3) is 0.385. The van der Waals surface area contributed by atoms with Crippen molar-refractivity contribution in [2.24, 2.45) is 0 Å². The van der Waals surface area contributed by atoms with E-state index < -0.39 is 0 Å². The van der Waals surface area contributed by atoms with Gasteiger partial charge in [-0.1, -0.05) is 58.9 Å². The van der Waals surface area contributed by atoms with Gasteiger partial charge in [0.25, 0.3) is 11.8 Å². The largest absolute Gasteiger partial charge is 0.494 e. The predicted molar refractivity (Wildman–Crippen MR) is 125 cm³/mol. The molecule has 31 heavy (non-hydrogen) atoms. The van der Waals surface area contributed by atoms with Crippen molar-refractivity contribution < 1.29 is 14.3 Å². The first kappa shape index (κ1) is 22.6. The van der Waals surface area contributed by atoms with Crippen molar-refractivity contribution in [2.75, 3.05) is 18.5 Å². The molecule has 2 aromatic carbocycles. The van der Waals surface area contributed by atoms with E-state index in [4.69, 9.17) is 4.74 Å². The third-order valence-electron chi connectivity index (χ3n) is 5.25. The highest BCUT2D eigenvalue weighted by Gasteiger charge is 2.38. The summed E-state index contributed by atoms with van der Waals surface area (Å²) in [6.45, 7) is 11.5. The summed E-state index contributed by atoms with van der Waals surface area (Å²) in [4.78, 5) is 27.5. The second-order valence-corrected chi connectivity index (χ2v) is 8.84. The predicted octanol–water partition coefficient (Wildman–Crippen LogP) is 5.37. The lowest BCUT2D eigenvalue weighted by Gasteiger charge is -2.19. The summed E-state index contributed by atoms with van der Waals surface area (Å²) in [5.74, 6) is 0.205. The molecule has 3 rings (SSSR count). The van der Waals surface area contributed by atoms with Crippen molar-refractivity contribution in [3.05, 3.63) is 65.4 Å². The maximum absolute atomic E-state index is 13.1. The van der Waals surface area contributed by atoms with Crippen LogP contribution in [0.1, 0.15) is 58.6 Å². The molecule has 2 amide bonds. The number of nitrogens with zero attached hydrogens (tertiary/aromatic N) is 1. The Morgan fingerprint density at radius 2 is 1.52 bits per heavy atom. The summed E-state index contributed by atoms with van der Waals surface area (Å²) in [6, 6.07) is 15.4. The number of hydrogen-bond acceptors (Lipinski definition) is 4. The first-order valence-electron chi connectivity index (χ1n) is 11.0. The van der Waals surface area contributed by atoms with Crippen molar-refractivity contribution in [2.45, 2.75) is 52.9 Å². The molecule has 1 N–H and O–H groups in total. The number of carbonyl (C=O) groups excluding carboxylic acids is 2. The fourth-order valence-electron chi connectivity index (χ4n) is 3.52. The highest BCUT2D eigenvalue weighted by Crippen LogP contribution is 2.32. The minimum Gasteiger partial charge on any atom is -0.494 e. The van der Waals surface area contributed by atoms with Gasteiger partial charge in [0, 0.05) is 12.2 Å². The lowest BCUT2D eigenvalue weighted by atomic mass is 9.87. The molecule has 1 heterocycles. The maximum atomic E-state index is 13.1. The molecule has 0 unspecified atom stereocenters. The summed E-state index contributed by atoms with van der Waals surface area (Å²) in [5, 5.41) is 3.22. The van der Waals surface area contributed by atoms with Gasteiger partial charge in [-0.25, -0.2) is 0 Å². The van der Waals surface area contributed by atoms with Gasteiger partial charge in [0.2, 0.25) is 0 Å². The normalized spacial score (nSPS) is 14.4. The van der Waals surface area contributed by atoms with Crippen LogP contribution >= 0.6 is 0 Å². The summed E-state index contributed by atoms with van der Waals surface area (Å²) in [7, 11) is 0. The van der Waals surface area contributed by atoms with Crippen LogP contribution in [0, 0.1) is 0 Å². The monoisotopic (exact) mass is 420 g/mol. The van der Waals surface area contributed by atoms with Crippen LogP contribution in [0.4, 0.5) is 5.69 Å². The van der Waals surface area contributed by atoms with E-state index in [2.05, 4.69) is 33.0 Å². The third-order valence-corrected chi connectivity index (χ3v) is 5.25. The molecule has 0 aliphatic carbocycles. The Morgan fingerprint density at radius 1 is 0.871 bits per heavy atom. The van der Waals surface area contributed by atoms with E-state index in [0.717, 1.165) is 17.9 Å². The van der Waals surface area contributed by atoms with Crippen molar-refractivity contribution in [1.29, 1.82) is 0 Å². The van der Waals surface area contributed by atoms with Gasteiger partial charge in [0.1, 0.15) is 11.4 Å². The molecule has 0 fully saturated rings. The van der Waals surface area contributed by atoms with Crippen molar-refractivity contribution >= 4 is 23.1 Å². The number of ether oxygens (including phenoxy) is 1. The number of carbonyl (C=O) groups is 2. The molecule has 0 saturated heterocycles. The van der Waals surface area contributed by atoms with Crippen LogP contribution in [0.3, 0.4) is 0 Å². The smallest absolute Gasteiger partial charge is 0.278 e. The Labute approximate surface area is 185 Å². The van der Waals surface area contributed by atoms with Gasteiger partial charge in [-0.3, -0.25) is 14.5 Å². The maximum Gasteiger partial charge on any atom is 0.278 e. The van der Waals surface area contributed by atoms with Gasteiger partial charge >= 0.3 is 0 Å². The topological polar surface area (TPSA) is 58.6 Å². The molecule has 164 valence electrons. The van der Waals surface area contributed by atoms with Crippen molar-refractivity contribution in [3.8, 4) is 5.75 Å². The van der Waals surface area contributed by atoms with E-state index >= 15 is 0 Å². The molecule has 2 aromatic rings.